The molecule has 1 aromatic carbocycles. The number of hydrogen-bond acceptors (Lipinski definition) is 4. The van der Waals surface area contributed by atoms with Crippen LogP contribution in [0.5, 0.6) is 0 Å². The molecule has 3 N–H and O–H groups in total. The molecular weight excluding hydrogens is 338 g/mol. The van der Waals surface area contributed by atoms with Gasteiger partial charge in [0.25, 0.3) is 0 Å². The molecule has 3 aromatic heterocycles. The first-order chi connectivity index (χ1) is 11.9. The van der Waals surface area contributed by atoms with Crippen molar-refractivity contribution in [1.29, 1.82) is 0 Å². The fraction of sp³-hybridized carbons (Fsp3) is 0.176. The summed E-state index contributed by atoms with van der Waals surface area (Å²) in [5.41, 5.74) is 4.60. The number of hydrogen-bond donors (Lipinski definition) is 2. The highest BCUT2D eigenvalue weighted by Gasteiger charge is 2.17. The molecule has 3 heterocycles. The van der Waals surface area contributed by atoms with Crippen LogP contribution in [0.3, 0.4) is 0 Å². The highest BCUT2D eigenvalue weighted by molar-refractivity contribution is 7.89. The smallest absolute Gasteiger partial charge is 0.238 e. The van der Waals surface area contributed by atoms with Crippen molar-refractivity contribution < 1.29 is 8.42 Å². The van der Waals surface area contributed by atoms with Gasteiger partial charge in [-0.25, -0.2) is 18.5 Å². The fourth-order valence-electron chi connectivity index (χ4n) is 3.20. The zero-order valence-corrected chi connectivity index (χ0v) is 14.6. The molecule has 0 aliphatic rings. The Hall–Kier alpha value is -2.71. The third-order valence-electron chi connectivity index (χ3n) is 4.42. The van der Waals surface area contributed by atoms with Crippen LogP contribution in [0.15, 0.2) is 41.6 Å². The Balaban J connectivity index is 1.97. The van der Waals surface area contributed by atoms with E-state index in [-0.39, 0.29) is 4.90 Å². The van der Waals surface area contributed by atoms with Crippen molar-refractivity contribution in [3.8, 4) is 11.3 Å². The minimum Gasteiger partial charge on any atom is -0.346 e. The van der Waals surface area contributed by atoms with Crippen LogP contribution < -0.4 is 5.14 Å². The summed E-state index contributed by atoms with van der Waals surface area (Å²) in [5.74, 6) is 0. The molecule has 0 saturated heterocycles. The Kier molecular flexibility index (Phi) is 3.41. The Morgan fingerprint density at radius 3 is 2.60 bits per heavy atom. The molecule has 4 rings (SSSR count). The van der Waals surface area contributed by atoms with Crippen molar-refractivity contribution in [3.05, 3.63) is 42.2 Å². The Bertz CT molecular complexity index is 1200. The van der Waals surface area contributed by atoms with Crippen LogP contribution in [0.25, 0.3) is 33.2 Å². The third-order valence-corrected chi connectivity index (χ3v) is 5.35. The van der Waals surface area contributed by atoms with Crippen LogP contribution >= 0.6 is 0 Å². The lowest BCUT2D eigenvalue weighted by Gasteiger charge is -2.01. The molecular formula is C17H17N5O2S. The number of sulfonamides is 1. The molecule has 0 spiro atoms. The Morgan fingerprint density at radius 2 is 1.96 bits per heavy atom. The maximum Gasteiger partial charge on any atom is 0.238 e. The Morgan fingerprint density at radius 1 is 1.24 bits per heavy atom. The average molecular weight is 355 g/mol. The molecule has 0 aliphatic carbocycles. The summed E-state index contributed by atoms with van der Waals surface area (Å²) >= 11 is 0. The summed E-state index contributed by atoms with van der Waals surface area (Å²) in [6.07, 6.45) is 4.67. The number of aryl methyl sites for hydroxylation is 2. The van der Waals surface area contributed by atoms with Gasteiger partial charge in [-0.3, -0.25) is 4.68 Å². The van der Waals surface area contributed by atoms with Gasteiger partial charge in [-0.2, -0.15) is 5.10 Å². The highest BCUT2D eigenvalue weighted by Crippen LogP contribution is 2.33. The lowest BCUT2D eigenvalue weighted by molar-refractivity contribution is 0.598. The van der Waals surface area contributed by atoms with Gasteiger partial charge in [0, 0.05) is 35.8 Å². The number of aromatic nitrogens is 4. The lowest BCUT2D eigenvalue weighted by atomic mass is 10.1. The standard InChI is InChI=1S/C17H17N5O2S/c1-3-10-8-19-17-14(10)16-13(9-20-17)15(21-22(16)2)11-4-6-12(7-5-11)25(18,23)24/h4-9H,3H2,1-2H3,(H,19,20)(H2,18,23,24). The van der Waals surface area contributed by atoms with E-state index in [1.807, 2.05) is 17.9 Å². The predicted octanol–water partition coefficient (Wildman–Crippen LogP) is 2.33. The van der Waals surface area contributed by atoms with Gasteiger partial charge in [-0.1, -0.05) is 19.1 Å². The molecule has 0 saturated carbocycles. The van der Waals surface area contributed by atoms with Gasteiger partial charge in [0.2, 0.25) is 10.0 Å². The van der Waals surface area contributed by atoms with E-state index < -0.39 is 10.0 Å². The van der Waals surface area contributed by atoms with Gasteiger partial charge in [0.1, 0.15) is 11.3 Å². The minimum absolute atomic E-state index is 0.0795. The number of pyridine rings is 1. The van der Waals surface area contributed by atoms with Gasteiger partial charge in [0.15, 0.2) is 0 Å². The van der Waals surface area contributed by atoms with Gasteiger partial charge >= 0.3 is 0 Å². The molecule has 0 amide bonds. The number of nitrogens with one attached hydrogen (secondary N) is 1. The molecule has 0 bridgehead atoms. The SMILES string of the molecule is CCc1c[nH]c2ncc3c(-c4ccc(S(N)(=O)=O)cc4)nn(C)c3c12. The molecule has 7 nitrogen and oxygen atoms in total. The van der Waals surface area contributed by atoms with Crippen LogP contribution in [0, 0.1) is 0 Å². The summed E-state index contributed by atoms with van der Waals surface area (Å²) < 4.78 is 24.7. The largest absolute Gasteiger partial charge is 0.346 e. The quantitative estimate of drug-likeness (QED) is 0.588. The van der Waals surface area contributed by atoms with Crippen molar-refractivity contribution in [1.82, 2.24) is 19.7 Å². The Labute approximate surface area is 144 Å². The molecule has 25 heavy (non-hydrogen) atoms. The van der Waals surface area contributed by atoms with Crippen LogP contribution in [0.1, 0.15) is 12.5 Å². The van der Waals surface area contributed by atoms with Gasteiger partial charge in [-0.05, 0) is 24.1 Å². The number of H-pyrrole nitrogens is 1. The van der Waals surface area contributed by atoms with Crippen LogP contribution in [-0.2, 0) is 23.5 Å². The maximum absolute atomic E-state index is 11.4. The molecule has 0 atom stereocenters. The van der Waals surface area contributed by atoms with Gasteiger partial charge in [0.05, 0.1) is 10.4 Å². The highest BCUT2D eigenvalue weighted by atomic mass is 32.2. The number of nitrogens with zero attached hydrogens (tertiary/aromatic N) is 3. The van der Waals surface area contributed by atoms with E-state index in [9.17, 15) is 8.42 Å². The van der Waals surface area contributed by atoms with E-state index in [1.165, 1.54) is 17.7 Å². The first-order valence-corrected chi connectivity index (χ1v) is 9.39. The second kappa shape index (κ2) is 5.40. The van der Waals surface area contributed by atoms with Crippen LogP contribution in [-0.4, -0.2) is 28.2 Å². The average Bonchev–Trinajstić information content (AvgIpc) is 3.15. The fourth-order valence-corrected chi connectivity index (χ4v) is 3.72. The number of benzene rings is 1. The second-order valence-electron chi connectivity index (χ2n) is 5.95. The normalized spacial score (nSPS) is 12.3. The molecule has 0 unspecified atom stereocenters. The number of fused-ring (bicyclic) bond motifs is 3. The lowest BCUT2D eigenvalue weighted by Crippen LogP contribution is -2.11. The first kappa shape index (κ1) is 15.8. The van der Waals surface area contributed by atoms with Crippen molar-refractivity contribution in [2.45, 2.75) is 18.2 Å². The number of primary sulfonamides is 1. The van der Waals surface area contributed by atoms with Crippen LogP contribution in [0.2, 0.25) is 0 Å². The van der Waals surface area contributed by atoms with Crippen molar-refractivity contribution in [2.24, 2.45) is 12.2 Å². The molecule has 4 aromatic rings. The number of rotatable bonds is 3. The van der Waals surface area contributed by atoms with Gasteiger partial charge < -0.3 is 4.98 Å². The first-order valence-electron chi connectivity index (χ1n) is 7.85. The van der Waals surface area contributed by atoms with Crippen LogP contribution in [0.4, 0.5) is 0 Å². The van der Waals surface area contributed by atoms with Gasteiger partial charge in [-0.15, -0.1) is 0 Å². The molecule has 0 radical (unpaired) electrons. The molecule has 0 aliphatic heterocycles. The molecule has 0 fully saturated rings. The summed E-state index contributed by atoms with van der Waals surface area (Å²) in [5, 5.41) is 11.8. The molecule has 8 heteroatoms. The summed E-state index contributed by atoms with van der Waals surface area (Å²) in [6.45, 7) is 2.10. The summed E-state index contributed by atoms with van der Waals surface area (Å²) in [6, 6.07) is 6.41. The number of aromatic amines is 1. The minimum atomic E-state index is -3.71. The monoisotopic (exact) mass is 355 g/mol. The van der Waals surface area contributed by atoms with E-state index in [4.69, 9.17) is 5.14 Å². The second-order valence-corrected chi connectivity index (χ2v) is 7.51. The predicted molar refractivity (Wildman–Crippen MR) is 96.6 cm³/mol. The van der Waals surface area contributed by atoms with Crippen molar-refractivity contribution >= 4 is 32.0 Å². The molecule has 128 valence electrons. The third kappa shape index (κ3) is 2.41. The zero-order chi connectivity index (χ0) is 17.8. The summed E-state index contributed by atoms with van der Waals surface area (Å²) in [7, 11) is -1.81. The van der Waals surface area contributed by atoms with Crippen molar-refractivity contribution in [3.63, 3.8) is 0 Å². The van der Waals surface area contributed by atoms with E-state index in [0.29, 0.717) is 0 Å². The van der Waals surface area contributed by atoms with Crippen molar-refractivity contribution in [2.75, 3.05) is 0 Å². The van der Waals surface area contributed by atoms with E-state index >= 15 is 0 Å². The number of nitrogens with two attached hydrogens (primary N) is 1. The maximum atomic E-state index is 11.4. The summed E-state index contributed by atoms with van der Waals surface area (Å²) in [4.78, 5) is 7.79. The van der Waals surface area contributed by atoms with E-state index in [0.717, 1.165) is 39.6 Å². The van der Waals surface area contributed by atoms with E-state index in [2.05, 4.69) is 22.0 Å². The zero-order valence-electron chi connectivity index (χ0n) is 13.8. The topological polar surface area (TPSA) is 107 Å². The van der Waals surface area contributed by atoms with E-state index in [1.54, 1.807) is 18.3 Å².